The highest BCUT2D eigenvalue weighted by atomic mass is 15.0. The number of nitriles is 1. The molecule has 0 unspecified atom stereocenters. The number of benzene rings is 2. The van der Waals surface area contributed by atoms with Crippen LogP contribution in [0.25, 0.3) is 11.4 Å². The molecule has 0 aliphatic heterocycles. The first-order valence-corrected chi connectivity index (χ1v) is 6.93. The molecule has 22 heavy (non-hydrogen) atoms. The molecule has 3 rings (SSSR count). The minimum atomic E-state index is 0.634. The molecule has 0 atom stereocenters. The summed E-state index contributed by atoms with van der Waals surface area (Å²) in [5.74, 6) is 1.42. The molecule has 0 saturated heterocycles. The first-order valence-electron chi connectivity index (χ1n) is 6.93. The first kappa shape index (κ1) is 13.8. The Morgan fingerprint density at radius 1 is 0.955 bits per heavy atom. The Bertz CT molecular complexity index is 818. The van der Waals surface area contributed by atoms with E-state index in [1.54, 1.807) is 12.1 Å². The highest BCUT2D eigenvalue weighted by molar-refractivity contribution is 5.62. The fraction of sp³-hybridized carbons (Fsp3) is 0.0556. The van der Waals surface area contributed by atoms with Crippen molar-refractivity contribution >= 4 is 11.5 Å². The van der Waals surface area contributed by atoms with Crippen LogP contribution >= 0.6 is 0 Å². The Kier molecular flexibility index (Phi) is 3.80. The number of aromatic nitrogens is 2. The van der Waals surface area contributed by atoms with Crippen molar-refractivity contribution in [3.63, 3.8) is 0 Å². The first-order chi connectivity index (χ1) is 10.7. The molecule has 106 valence electrons. The van der Waals surface area contributed by atoms with E-state index in [0.717, 1.165) is 22.8 Å². The molecular weight excluding hydrogens is 272 g/mol. The molecule has 3 aromatic rings. The molecule has 4 heteroatoms. The van der Waals surface area contributed by atoms with Gasteiger partial charge in [-0.25, -0.2) is 9.97 Å². The highest BCUT2D eigenvalue weighted by Gasteiger charge is 2.05. The second kappa shape index (κ2) is 6.06. The summed E-state index contributed by atoms with van der Waals surface area (Å²) in [5, 5.41) is 12.1. The van der Waals surface area contributed by atoms with Gasteiger partial charge in [0.25, 0.3) is 0 Å². The van der Waals surface area contributed by atoms with E-state index >= 15 is 0 Å². The van der Waals surface area contributed by atoms with E-state index in [0.29, 0.717) is 11.4 Å². The maximum absolute atomic E-state index is 8.83. The summed E-state index contributed by atoms with van der Waals surface area (Å²) < 4.78 is 0. The molecule has 0 radical (unpaired) electrons. The van der Waals surface area contributed by atoms with Crippen molar-refractivity contribution in [2.75, 3.05) is 5.32 Å². The van der Waals surface area contributed by atoms with E-state index in [4.69, 9.17) is 5.26 Å². The second-order valence-corrected chi connectivity index (χ2v) is 4.90. The van der Waals surface area contributed by atoms with Gasteiger partial charge in [0.15, 0.2) is 5.82 Å². The SMILES string of the molecule is Cc1cc(Nc2ccc(C#N)cc2)nc(-c2ccccc2)n1. The quantitative estimate of drug-likeness (QED) is 0.788. The number of aryl methyl sites for hydroxylation is 1. The Morgan fingerprint density at radius 2 is 1.68 bits per heavy atom. The van der Waals surface area contributed by atoms with Gasteiger partial charge in [-0.05, 0) is 31.2 Å². The Labute approximate surface area is 129 Å². The Morgan fingerprint density at radius 3 is 2.36 bits per heavy atom. The van der Waals surface area contributed by atoms with Crippen LogP contribution in [0, 0.1) is 18.3 Å². The molecule has 0 bridgehead atoms. The van der Waals surface area contributed by atoms with Gasteiger partial charge in [0.05, 0.1) is 11.6 Å². The van der Waals surface area contributed by atoms with E-state index in [2.05, 4.69) is 21.4 Å². The van der Waals surface area contributed by atoms with E-state index in [1.807, 2.05) is 55.5 Å². The summed E-state index contributed by atoms with van der Waals surface area (Å²) in [4.78, 5) is 9.03. The molecule has 1 aromatic heterocycles. The maximum Gasteiger partial charge on any atom is 0.161 e. The summed E-state index contributed by atoms with van der Waals surface area (Å²) in [6.45, 7) is 1.94. The number of nitrogens with zero attached hydrogens (tertiary/aromatic N) is 3. The van der Waals surface area contributed by atoms with E-state index in [9.17, 15) is 0 Å². The van der Waals surface area contributed by atoms with Crippen LogP contribution in [-0.2, 0) is 0 Å². The largest absolute Gasteiger partial charge is 0.340 e. The van der Waals surface area contributed by atoms with Gasteiger partial charge in [-0.15, -0.1) is 0 Å². The van der Waals surface area contributed by atoms with Crippen molar-refractivity contribution < 1.29 is 0 Å². The van der Waals surface area contributed by atoms with Gasteiger partial charge in [-0.3, -0.25) is 0 Å². The third-order valence-electron chi connectivity index (χ3n) is 3.17. The average molecular weight is 286 g/mol. The van der Waals surface area contributed by atoms with Gasteiger partial charge in [0.1, 0.15) is 5.82 Å². The van der Waals surface area contributed by atoms with Crippen molar-refractivity contribution in [3.8, 4) is 17.5 Å². The lowest BCUT2D eigenvalue weighted by atomic mass is 10.2. The molecule has 0 saturated carbocycles. The second-order valence-electron chi connectivity index (χ2n) is 4.90. The summed E-state index contributed by atoms with van der Waals surface area (Å²) in [7, 11) is 0. The molecule has 1 N–H and O–H groups in total. The Hall–Kier alpha value is -3.19. The van der Waals surface area contributed by atoms with Gasteiger partial charge in [-0.2, -0.15) is 5.26 Å². The third kappa shape index (κ3) is 3.10. The minimum Gasteiger partial charge on any atom is -0.340 e. The molecule has 1 heterocycles. The lowest BCUT2D eigenvalue weighted by Gasteiger charge is -2.09. The zero-order valence-electron chi connectivity index (χ0n) is 12.1. The van der Waals surface area contributed by atoms with Gasteiger partial charge in [0.2, 0.25) is 0 Å². The number of hydrogen-bond donors (Lipinski definition) is 1. The van der Waals surface area contributed by atoms with Gasteiger partial charge < -0.3 is 5.32 Å². The Balaban J connectivity index is 1.91. The molecule has 0 spiro atoms. The molecular formula is C18H14N4. The van der Waals surface area contributed by atoms with Crippen molar-refractivity contribution in [1.29, 1.82) is 5.26 Å². The normalized spacial score (nSPS) is 10.0. The van der Waals surface area contributed by atoms with Crippen molar-refractivity contribution in [1.82, 2.24) is 9.97 Å². The van der Waals surface area contributed by atoms with Gasteiger partial charge in [-0.1, -0.05) is 30.3 Å². The van der Waals surface area contributed by atoms with Gasteiger partial charge >= 0.3 is 0 Å². The average Bonchev–Trinajstić information content (AvgIpc) is 2.56. The highest BCUT2D eigenvalue weighted by Crippen LogP contribution is 2.20. The molecule has 0 amide bonds. The summed E-state index contributed by atoms with van der Waals surface area (Å²) in [5.41, 5.74) is 3.39. The van der Waals surface area contributed by atoms with E-state index in [1.165, 1.54) is 0 Å². The number of anilines is 2. The van der Waals surface area contributed by atoms with Crippen LogP contribution in [0.3, 0.4) is 0 Å². The monoisotopic (exact) mass is 286 g/mol. The summed E-state index contributed by atoms with van der Waals surface area (Å²) in [6, 6.07) is 21.1. The van der Waals surface area contributed by atoms with Crippen molar-refractivity contribution in [2.24, 2.45) is 0 Å². The van der Waals surface area contributed by atoms with Crippen LogP contribution in [0.15, 0.2) is 60.7 Å². The standard InChI is InChI=1S/C18H14N4/c1-13-11-17(21-16-9-7-14(12-19)8-10-16)22-18(20-13)15-5-3-2-4-6-15/h2-11H,1H3,(H,20,21,22). The third-order valence-corrected chi connectivity index (χ3v) is 3.17. The number of nitrogens with one attached hydrogen (secondary N) is 1. The number of hydrogen-bond acceptors (Lipinski definition) is 4. The van der Waals surface area contributed by atoms with E-state index < -0.39 is 0 Å². The van der Waals surface area contributed by atoms with Crippen LogP contribution in [0.5, 0.6) is 0 Å². The molecule has 0 aliphatic rings. The van der Waals surface area contributed by atoms with E-state index in [-0.39, 0.29) is 0 Å². The van der Waals surface area contributed by atoms with Crippen LogP contribution in [-0.4, -0.2) is 9.97 Å². The molecule has 0 fully saturated rings. The van der Waals surface area contributed by atoms with Gasteiger partial charge in [0, 0.05) is 23.0 Å². The lowest BCUT2D eigenvalue weighted by Crippen LogP contribution is -1.99. The molecule has 0 aliphatic carbocycles. The summed E-state index contributed by atoms with van der Waals surface area (Å²) in [6.07, 6.45) is 0. The zero-order chi connectivity index (χ0) is 15.4. The lowest BCUT2D eigenvalue weighted by molar-refractivity contribution is 1.11. The van der Waals surface area contributed by atoms with Crippen LogP contribution in [0.2, 0.25) is 0 Å². The van der Waals surface area contributed by atoms with Crippen LogP contribution < -0.4 is 5.32 Å². The summed E-state index contributed by atoms with van der Waals surface area (Å²) >= 11 is 0. The molecule has 2 aromatic carbocycles. The predicted octanol–water partition coefficient (Wildman–Crippen LogP) is 4.07. The topological polar surface area (TPSA) is 61.6 Å². The van der Waals surface area contributed by atoms with Crippen molar-refractivity contribution in [2.45, 2.75) is 6.92 Å². The van der Waals surface area contributed by atoms with Crippen molar-refractivity contribution in [3.05, 3.63) is 71.9 Å². The zero-order valence-corrected chi connectivity index (χ0v) is 12.1. The fourth-order valence-electron chi connectivity index (χ4n) is 2.12. The number of rotatable bonds is 3. The fourth-order valence-corrected chi connectivity index (χ4v) is 2.12. The molecule has 4 nitrogen and oxygen atoms in total. The smallest absolute Gasteiger partial charge is 0.161 e. The van der Waals surface area contributed by atoms with Crippen LogP contribution in [0.4, 0.5) is 11.5 Å². The van der Waals surface area contributed by atoms with Crippen LogP contribution in [0.1, 0.15) is 11.3 Å². The maximum atomic E-state index is 8.83. The minimum absolute atomic E-state index is 0.634. The predicted molar refractivity (Wildman–Crippen MR) is 86.6 cm³/mol.